The fourth-order valence-corrected chi connectivity index (χ4v) is 7.52. The highest BCUT2D eigenvalue weighted by molar-refractivity contribution is 5.68. The van der Waals surface area contributed by atoms with Gasteiger partial charge in [-0.15, -0.1) is 0 Å². The fourth-order valence-electron chi connectivity index (χ4n) is 7.52. The summed E-state index contributed by atoms with van der Waals surface area (Å²) in [6.45, 7) is 10.3. The van der Waals surface area contributed by atoms with E-state index in [-0.39, 0.29) is 29.5 Å². The fraction of sp³-hybridized carbons (Fsp3) is 0.889. The third-order valence-corrected chi connectivity index (χ3v) is 9.83. The molecule has 1 spiro atoms. The summed E-state index contributed by atoms with van der Waals surface area (Å²) in [5, 5.41) is 0. The lowest BCUT2D eigenvalue weighted by Crippen LogP contribution is -2.52. The minimum Gasteiger partial charge on any atom is -0.446 e. The Labute approximate surface area is 199 Å². The van der Waals surface area contributed by atoms with Crippen LogP contribution in [0.4, 0.5) is 4.79 Å². The van der Waals surface area contributed by atoms with Crippen LogP contribution in [-0.2, 0) is 14.2 Å². The maximum Gasteiger partial charge on any atom is 0.410 e. The molecule has 6 nitrogen and oxygen atoms in total. The first-order chi connectivity index (χ1) is 15.9. The molecule has 5 aliphatic heterocycles. The van der Waals surface area contributed by atoms with Crippen LogP contribution in [0.25, 0.3) is 0 Å². The average Bonchev–Trinajstić information content (AvgIpc) is 3.59. The molecule has 0 aromatic heterocycles. The van der Waals surface area contributed by atoms with Gasteiger partial charge in [-0.2, -0.15) is 0 Å². The molecule has 6 rings (SSSR count). The number of nitrogens with zero attached hydrogens (tertiary/aromatic N) is 2. The van der Waals surface area contributed by atoms with Gasteiger partial charge in [-0.25, -0.2) is 4.79 Å². The molecule has 6 aliphatic rings. The zero-order chi connectivity index (χ0) is 22.8. The number of epoxide rings is 2. The van der Waals surface area contributed by atoms with Crippen molar-refractivity contribution in [3.63, 3.8) is 0 Å². The second-order valence-corrected chi connectivity index (χ2v) is 12.3. The predicted octanol–water partition coefficient (Wildman–Crippen LogP) is 4.52. The Hall–Kier alpha value is -1.11. The van der Waals surface area contributed by atoms with Crippen LogP contribution < -0.4 is 0 Å². The molecule has 1 aliphatic carbocycles. The minimum atomic E-state index is -0.148. The number of fused-ring (bicyclic) bond motifs is 2. The first kappa shape index (κ1) is 22.4. The molecule has 5 saturated heterocycles. The molecule has 0 aromatic rings. The zero-order valence-corrected chi connectivity index (χ0v) is 20.8. The van der Waals surface area contributed by atoms with Gasteiger partial charge in [0.2, 0.25) is 0 Å². The number of amides is 1. The highest BCUT2D eigenvalue weighted by Crippen LogP contribution is 2.59. The quantitative estimate of drug-likeness (QED) is 0.415. The van der Waals surface area contributed by atoms with Crippen molar-refractivity contribution in [2.24, 2.45) is 11.8 Å². The predicted molar refractivity (Wildman–Crippen MR) is 126 cm³/mol. The van der Waals surface area contributed by atoms with Gasteiger partial charge in [0.25, 0.3) is 0 Å². The van der Waals surface area contributed by atoms with Crippen LogP contribution in [0.1, 0.15) is 78.6 Å². The first-order valence-corrected chi connectivity index (χ1v) is 13.5. The second kappa shape index (κ2) is 8.23. The normalized spacial score (nSPS) is 44.1. The Kier molecular flexibility index (Phi) is 5.58. The van der Waals surface area contributed by atoms with Gasteiger partial charge in [-0.3, -0.25) is 4.90 Å². The lowest BCUT2D eigenvalue weighted by atomic mass is 9.70. The average molecular weight is 459 g/mol. The van der Waals surface area contributed by atoms with Crippen molar-refractivity contribution < 1.29 is 19.0 Å². The highest BCUT2D eigenvalue weighted by atomic mass is 16.6. The third kappa shape index (κ3) is 4.14. The molecule has 6 heteroatoms. The van der Waals surface area contributed by atoms with Crippen molar-refractivity contribution in [2.75, 3.05) is 26.2 Å². The number of hydrogen-bond acceptors (Lipinski definition) is 5. The van der Waals surface area contributed by atoms with Crippen LogP contribution in [0.3, 0.4) is 0 Å². The number of allylic oxidation sites excluding steroid dienone is 1. The van der Waals surface area contributed by atoms with E-state index >= 15 is 0 Å². The van der Waals surface area contributed by atoms with Crippen LogP contribution in [-0.4, -0.2) is 77.6 Å². The molecular weight excluding hydrogens is 416 g/mol. The van der Waals surface area contributed by atoms with E-state index < -0.39 is 0 Å². The van der Waals surface area contributed by atoms with Crippen LogP contribution in [0.5, 0.6) is 0 Å². The van der Waals surface area contributed by atoms with Gasteiger partial charge in [0.05, 0.1) is 23.9 Å². The summed E-state index contributed by atoms with van der Waals surface area (Å²) in [5.41, 5.74) is 1.15. The van der Waals surface area contributed by atoms with E-state index in [2.05, 4.69) is 31.7 Å². The molecule has 0 radical (unpaired) electrons. The summed E-state index contributed by atoms with van der Waals surface area (Å²) < 4.78 is 18.2. The van der Waals surface area contributed by atoms with E-state index in [1.54, 1.807) is 0 Å². The minimum absolute atomic E-state index is 0.0123. The molecule has 0 N–H and O–H groups in total. The van der Waals surface area contributed by atoms with Crippen molar-refractivity contribution in [2.45, 2.75) is 114 Å². The molecule has 0 unspecified atom stereocenters. The van der Waals surface area contributed by atoms with E-state index in [1.807, 2.05) is 4.90 Å². The van der Waals surface area contributed by atoms with Gasteiger partial charge in [0, 0.05) is 31.1 Å². The van der Waals surface area contributed by atoms with E-state index in [1.165, 1.54) is 44.2 Å². The first-order valence-electron chi connectivity index (χ1n) is 13.5. The van der Waals surface area contributed by atoms with Gasteiger partial charge in [-0.05, 0) is 91.0 Å². The van der Waals surface area contributed by atoms with Crippen molar-refractivity contribution in [1.29, 1.82) is 0 Å². The number of ether oxygens (including phenoxy) is 3. The molecular formula is C27H42N2O4. The number of likely N-dealkylation sites (tertiary alicyclic amines) is 1. The van der Waals surface area contributed by atoms with Crippen LogP contribution >= 0.6 is 0 Å². The maximum atomic E-state index is 12.8. The summed E-state index contributed by atoms with van der Waals surface area (Å²) in [6.07, 6.45) is 13.0. The molecule has 184 valence electrons. The van der Waals surface area contributed by atoms with Gasteiger partial charge in [0.1, 0.15) is 6.10 Å². The molecule has 33 heavy (non-hydrogen) atoms. The molecule has 2 bridgehead atoms. The molecule has 5 atom stereocenters. The Morgan fingerprint density at radius 2 is 1.82 bits per heavy atom. The summed E-state index contributed by atoms with van der Waals surface area (Å²) in [4.78, 5) is 17.5. The highest BCUT2D eigenvalue weighted by Gasteiger charge is 2.68. The van der Waals surface area contributed by atoms with E-state index in [4.69, 9.17) is 14.2 Å². The van der Waals surface area contributed by atoms with Crippen molar-refractivity contribution in [1.82, 2.24) is 9.80 Å². The second-order valence-electron chi connectivity index (χ2n) is 12.3. The van der Waals surface area contributed by atoms with E-state index in [9.17, 15) is 4.79 Å². The number of carbonyl (C=O) groups excluding carboxylic acids is 1. The Bertz CT molecular complexity index is 780. The van der Waals surface area contributed by atoms with Crippen molar-refractivity contribution >= 4 is 6.09 Å². The topological polar surface area (TPSA) is 57.8 Å². The van der Waals surface area contributed by atoms with Crippen LogP contribution in [0.15, 0.2) is 11.6 Å². The van der Waals surface area contributed by atoms with Gasteiger partial charge < -0.3 is 19.1 Å². The third-order valence-electron chi connectivity index (χ3n) is 9.83. The van der Waals surface area contributed by atoms with Gasteiger partial charge >= 0.3 is 6.09 Å². The zero-order valence-electron chi connectivity index (χ0n) is 20.8. The number of hydrogen-bond donors (Lipinski definition) is 0. The SMILES string of the molecule is CC(C)=CC[C@H]1O[C@]1(C)[C@H]1C[C@H](OC(=O)N2CC(CCN3C4CCC3CC4)C2)CC[C@]12CO2. The standard InChI is InChI=1S/C27H42N2O4/c1-18(2)4-9-24-26(3,33-24)23-14-22(10-12-27(23)17-31-27)32-25(30)28-15-19(16-28)11-13-29-20-5-6-21(29)8-7-20/h4,19-24H,5-17H2,1-3H3/t20?,21?,22-,23-,24-,26-,27+/m1/s1. The largest absolute Gasteiger partial charge is 0.446 e. The van der Waals surface area contributed by atoms with Crippen molar-refractivity contribution in [3.8, 4) is 0 Å². The number of carbonyl (C=O) groups is 1. The van der Waals surface area contributed by atoms with E-state index in [0.717, 1.165) is 57.5 Å². The van der Waals surface area contributed by atoms with Crippen molar-refractivity contribution in [3.05, 3.63) is 11.6 Å². The molecule has 0 aromatic carbocycles. The summed E-state index contributed by atoms with van der Waals surface area (Å²) in [5.74, 6) is 0.960. The smallest absolute Gasteiger partial charge is 0.410 e. The summed E-state index contributed by atoms with van der Waals surface area (Å²) in [7, 11) is 0. The maximum absolute atomic E-state index is 12.8. The Morgan fingerprint density at radius 3 is 2.45 bits per heavy atom. The summed E-state index contributed by atoms with van der Waals surface area (Å²) in [6, 6.07) is 1.71. The molecule has 6 fully saturated rings. The van der Waals surface area contributed by atoms with E-state index in [0.29, 0.717) is 11.8 Å². The molecule has 1 saturated carbocycles. The lowest BCUT2D eigenvalue weighted by Gasteiger charge is -2.41. The Morgan fingerprint density at radius 1 is 1.12 bits per heavy atom. The van der Waals surface area contributed by atoms with Crippen LogP contribution in [0.2, 0.25) is 0 Å². The number of rotatable bonds is 7. The molecule has 5 heterocycles. The molecule has 1 amide bonds. The Balaban J connectivity index is 0.966. The van der Waals surface area contributed by atoms with Gasteiger partial charge in [-0.1, -0.05) is 11.6 Å². The van der Waals surface area contributed by atoms with Gasteiger partial charge in [0.15, 0.2) is 0 Å². The summed E-state index contributed by atoms with van der Waals surface area (Å²) >= 11 is 0. The van der Waals surface area contributed by atoms with Crippen LogP contribution in [0, 0.1) is 11.8 Å². The monoisotopic (exact) mass is 458 g/mol. The lowest BCUT2D eigenvalue weighted by molar-refractivity contribution is -0.0233.